The number of carbonyl (C=O) groups is 1. The summed E-state index contributed by atoms with van der Waals surface area (Å²) >= 11 is 0. The molecule has 1 saturated heterocycles. The van der Waals surface area contributed by atoms with E-state index in [9.17, 15) is 13.2 Å². The largest absolute Gasteiger partial charge is 0.378 e. The molecule has 1 amide bonds. The lowest BCUT2D eigenvalue weighted by molar-refractivity contribution is 0.0303. The fourth-order valence-electron chi connectivity index (χ4n) is 3.76. The second-order valence-electron chi connectivity index (χ2n) is 6.92. The molecule has 2 aromatic carbocycles. The second-order valence-corrected chi connectivity index (χ2v) is 8.73. The number of benzene rings is 2. The number of sulfonamides is 1. The highest BCUT2D eigenvalue weighted by Gasteiger charge is 2.36. The quantitative estimate of drug-likeness (QED) is 0.812. The molecule has 27 heavy (non-hydrogen) atoms. The summed E-state index contributed by atoms with van der Waals surface area (Å²) in [6.45, 7) is 4.17. The highest BCUT2D eigenvalue weighted by atomic mass is 32.2. The molecule has 1 atom stereocenters. The Morgan fingerprint density at radius 2 is 1.78 bits per heavy atom. The SMILES string of the molecule is CC1Cc2cc(C(=O)N3CCOCC3)ccc2N1S(=O)(=O)c1ccccc1. The highest BCUT2D eigenvalue weighted by Crippen LogP contribution is 2.37. The van der Waals surface area contributed by atoms with Crippen LogP contribution in [0.15, 0.2) is 53.4 Å². The standard InChI is InChI=1S/C20H22N2O4S/c1-15-13-17-14-16(20(23)21-9-11-26-12-10-21)7-8-19(17)22(15)27(24,25)18-5-3-2-4-6-18/h2-8,14-15H,9-13H2,1H3. The van der Waals surface area contributed by atoms with Gasteiger partial charge in [0.05, 0.1) is 23.8 Å². The lowest BCUT2D eigenvalue weighted by Gasteiger charge is -2.27. The number of hydrogen-bond acceptors (Lipinski definition) is 4. The van der Waals surface area contributed by atoms with Gasteiger partial charge >= 0.3 is 0 Å². The molecule has 7 heteroatoms. The third kappa shape index (κ3) is 3.21. The van der Waals surface area contributed by atoms with E-state index in [0.717, 1.165) is 5.56 Å². The Bertz CT molecular complexity index is 953. The summed E-state index contributed by atoms with van der Waals surface area (Å²) in [5.74, 6) is -0.0295. The van der Waals surface area contributed by atoms with Crippen LogP contribution in [-0.2, 0) is 21.2 Å². The van der Waals surface area contributed by atoms with Crippen LogP contribution in [0.2, 0.25) is 0 Å². The van der Waals surface area contributed by atoms with Crippen molar-refractivity contribution < 1.29 is 17.9 Å². The molecular weight excluding hydrogens is 364 g/mol. The first-order valence-corrected chi connectivity index (χ1v) is 10.5. The molecule has 0 aromatic heterocycles. The minimum atomic E-state index is -3.63. The van der Waals surface area contributed by atoms with E-state index in [1.165, 1.54) is 4.31 Å². The topological polar surface area (TPSA) is 66.9 Å². The van der Waals surface area contributed by atoms with Gasteiger partial charge in [0, 0.05) is 24.7 Å². The van der Waals surface area contributed by atoms with Crippen LogP contribution in [0.5, 0.6) is 0 Å². The number of amides is 1. The fraction of sp³-hybridized carbons (Fsp3) is 0.350. The third-order valence-electron chi connectivity index (χ3n) is 5.08. The molecule has 142 valence electrons. The van der Waals surface area contributed by atoms with Gasteiger partial charge in [-0.2, -0.15) is 0 Å². The van der Waals surface area contributed by atoms with E-state index in [-0.39, 0.29) is 16.8 Å². The number of hydrogen-bond donors (Lipinski definition) is 0. The van der Waals surface area contributed by atoms with Gasteiger partial charge in [0.25, 0.3) is 15.9 Å². The summed E-state index contributed by atoms with van der Waals surface area (Å²) in [4.78, 5) is 14.8. The first-order chi connectivity index (χ1) is 13.0. The number of rotatable bonds is 3. The number of carbonyl (C=O) groups excluding carboxylic acids is 1. The van der Waals surface area contributed by atoms with Crippen molar-refractivity contribution in [2.45, 2.75) is 24.3 Å². The van der Waals surface area contributed by atoms with Gasteiger partial charge in [-0.25, -0.2) is 8.42 Å². The molecule has 0 spiro atoms. The Hall–Kier alpha value is -2.38. The highest BCUT2D eigenvalue weighted by molar-refractivity contribution is 7.92. The lowest BCUT2D eigenvalue weighted by atomic mass is 10.1. The molecule has 2 aromatic rings. The predicted octanol–water partition coefficient (Wildman–Crippen LogP) is 2.30. The van der Waals surface area contributed by atoms with Crippen molar-refractivity contribution in [2.75, 3.05) is 30.6 Å². The summed E-state index contributed by atoms with van der Waals surface area (Å²) in [5, 5.41) is 0. The minimum absolute atomic E-state index is 0.0295. The molecule has 2 aliphatic rings. The van der Waals surface area contributed by atoms with E-state index >= 15 is 0 Å². The Kier molecular flexibility index (Phi) is 4.65. The summed E-state index contributed by atoms with van der Waals surface area (Å²) in [6.07, 6.45) is 0.589. The first-order valence-electron chi connectivity index (χ1n) is 9.08. The normalized spacial score (nSPS) is 19.8. The molecule has 0 aliphatic carbocycles. The maximum absolute atomic E-state index is 13.1. The van der Waals surface area contributed by atoms with Crippen molar-refractivity contribution in [3.63, 3.8) is 0 Å². The maximum atomic E-state index is 13.1. The second kappa shape index (κ2) is 6.98. The van der Waals surface area contributed by atoms with Crippen LogP contribution in [-0.4, -0.2) is 51.6 Å². The molecule has 0 saturated carbocycles. The monoisotopic (exact) mass is 386 g/mol. The first kappa shape index (κ1) is 18.0. The lowest BCUT2D eigenvalue weighted by Crippen LogP contribution is -2.40. The van der Waals surface area contributed by atoms with E-state index in [2.05, 4.69) is 0 Å². The van der Waals surface area contributed by atoms with Gasteiger partial charge in [0.1, 0.15) is 0 Å². The van der Waals surface area contributed by atoms with Gasteiger partial charge < -0.3 is 9.64 Å². The van der Waals surface area contributed by atoms with E-state index in [0.29, 0.717) is 44.0 Å². The number of morpholine rings is 1. The van der Waals surface area contributed by atoms with Crippen molar-refractivity contribution >= 4 is 21.6 Å². The predicted molar refractivity (Wildman–Crippen MR) is 102 cm³/mol. The average Bonchev–Trinajstić information content (AvgIpc) is 3.04. The molecule has 0 radical (unpaired) electrons. The van der Waals surface area contributed by atoms with Crippen molar-refractivity contribution in [1.82, 2.24) is 4.90 Å². The molecule has 0 N–H and O–H groups in total. The van der Waals surface area contributed by atoms with Gasteiger partial charge in [-0.05, 0) is 49.2 Å². The summed E-state index contributed by atoms with van der Waals surface area (Å²) in [7, 11) is -3.63. The number of anilines is 1. The van der Waals surface area contributed by atoms with Gasteiger partial charge in [-0.3, -0.25) is 9.10 Å². The Balaban J connectivity index is 1.66. The summed E-state index contributed by atoms with van der Waals surface area (Å²) < 4.78 is 33.0. The van der Waals surface area contributed by atoms with Gasteiger partial charge in [-0.1, -0.05) is 18.2 Å². The van der Waals surface area contributed by atoms with Crippen LogP contribution in [0.3, 0.4) is 0 Å². The van der Waals surface area contributed by atoms with Gasteiger partial charge in [0.2, 0.25) is 0 Å². The van der Waals surface area contributed by atoms with Crippen molar-refractivity contribution in [2.24, 2.45) is 0 Å². The zero-order valence-corrected chi connectivity index (χ0v) is 16.0. The van der Waals surface area contributed by atoms with Crippen LogP contribution in [0.1, 0.15) is 22.8 Å². The van der Waals surface area contributed by atoms with E-state index in [1.807, 2.05) is 13.0 Å². The number of nitrogens with zero attached hydrogens (tertiary/aromatic N) is 2. The zero-order chi connectivity index (χ0) is 19.0. The van der Waals surface area contributed by atoms with Gasteiger partial charge in [0.15, 0.2) is 0 Å². The Labute approximate surface area is 159 Å². The number of fused-ring (bicyclic) bond motifs is 1. The van der Waals surface area contributed by atoms with Crippen LogP contribution in [0, 0.1) is 0 Å². The molecular formula is C20H22N2O4S. The Morgan fingerprint density at radius 1 is 1.07 bits per heavy atom. The fourth-order valence-corrected chi connectivity index (χ4v) is 5.47. The molecule has 0 bridgehead atoms. The van der Waals surface area contributed by atoms with Crippen LogP contribution in [0.25, 0.3) is 0 Å². The van der Waals surface area contributed by atoms with E-state index < -0.39 is 10.0 Å². The molecule has 1 fully saturated rings. The van der Waals surface area contributed by atoms with E-state index in [1.54, 1.807) is 47.4 Å². The third-order valence-corrected chi connectivity index (χ3v) is 7.02. The van der Waals surface area contributed by atoms with Crippen molar-refractivity contribution in [3.8, 4) is 0 Å². The summed E-state index contributed by atoms with van der Waals surface area (Å²) in [5.41, 5.74) is 2.15. The van der Waals surface area contributed by atoms with Crippen molar-refractivity contribution in [1.29, 1.82) is 0 Å². The molecule has 6 nitrogen and oxygen atoms in total. The summed E-state index contributed by atoms with van der Waals surface area (Å²) in [6, 6.07) is 13.6. The maximum Gasteiger partial charge on any atom is 0.264 e. The van der Waals surface area contributed by atoms with Crippen molar-refractivity contribution in [3.05, 3.63) is 59.7 Å². The Morgan fingerprint density at radius 3 is 2.48 bits per heavy atom. The van der Waals surface area contributed by atoms with E-state index in [4.69, 9.17) is 4.74 Å². The molecule has 1 unspecified atom stereocenters. The van der Waals surface area contributed by atoms with Crippen LogP contribution < -0.4 is 4.31 Å². The van der Waals surface area contributed by atoms with Gasteiger partial charge in [-0.15, -0.1) is 0 Å². The zero-order valence-electron chi connectivity index (χ0n) is 15.2. The van der Waals surface area contributed by atoms with Crippen LogP contribution in [0.4, 0.5) is 5.69 Å². The van der Waals surface area contributed by atoms with Crippen LogP contribution >= 0.6 is 0 Å². The molecule has 2 aliphatic heterocycles. The molecule has 4 rings (SSSR count). The minimum Gasteiger partial charge on any atom is -0.378 e. The average molecular weight is 386 g/mol. The number of ether oxygens (including phenoxy) is 1. The smallest absolute Gasteiger partial charge is 0.264 e. The molecule has 2 heterocycles.